The van der Waals surface area contributed by atoms with E-state index in [1.54, 1.807) is 19.9 Å². The summed E-state index contributed by atoms with van der Waals surface area (Å²) in [6.45, 7) is 3.29. The van der Waals surface area contributed by atoms with E-state index in [4.69, 9.17) is 10.4 Å². The number of nitriles is 1. The van der Waals surface area contributed by atoms with Crippen LogP contribution in [-0.4, -0.2) is 23.2 Å². The number of carbonyl (C=O) groups excluding carboxylic acids is 1. The van der Waals surface area contributed by atoms with Crippen LogP contribution in [0, 0.1) is 17.1 Å². The second kappa shape index (κ2) is 6.68. The fourth-order valence-corrected chi connectivity index (χ4v) is 1.19. The lowest BCUT2D eigenvalue weighted by Gasteiger charge is -2.22. The SMILES string of the molecule is CC(C)(CO)N/C=C(/C#N)C(=O)Nc1ccc(F)cc1. The minimum atomic E-state index is -0.641. The van der Waals surface area contributed by atoms with Crippen molar-refractivity contribution >= 4 is 11.6 Å². The Morgan fingerprint density at radius 1 is 1.45 bits per heavy atom. The molecular weight excluding hydrogens is 261 g/mol. The summed E-state index contributed by atoms with van der Waals surface area (Å²) in [6, 6.07) is 6.97. The van der Waals surface area contributed by atoms with Gasteiger partial charge in [0.15, 0.2) is 0 Å². The lowest BCUT2D eigenvalue weighted by Crippen LogP contribution is -2.39. The molecule has 1 rings (SSSR count). The normalized spacial score (nSPS) is 11.7. The Labute approximate surface area is 116 Å². The summed E-state index contributed by atoms with van der Waals surface area (Å²) in [6.07, 6.45) is 1.25. The maximum absolute atomic E-state index is 12.7. The van der Waals surface area contributed by atoms with Crippen molar-refractivity contribution < 1.29 is 14.3 Å². The van der Waals surface area contributed by atoms with Crippen molar-refractivity contribution in [2.24, 2.45) is 0 Å². The zero-order valence-electron chi connectivity index (χ0n) is 11.3. The van der Waals surface area contributed by atoms with Crippen molar-refractivity contribution in [1.82, 2.24) is 5.32 Å². The van der Waals surface area contributed by atoms with Crippen molar-refractivity contribution in [3.8, 4) is 6.07 Å². The maximum Gasteiger partial charge on any atom is 0.267 e. The number of amides is 1. The van der Waals surface area contributed by atoms with Gasteiger partial charge in [0.05, 0.1) is 12.1 Å². The second-order valence-corrected chi connectivity index (χ2v) is 4.82. The number of carbonyl (C=O) groups is 1. The minimum Gasteiger partial charge on any atom is -0.394 e. The van der Waals surface area contributed by atoms with E-state index >= 15 is 0 Å². The van der Waals surface area contributed by atoms with Gasteiger partial charge in [0.1, 0.15) is 17.5 Å². The Bertz CT molecular complexity index is 545. The molecule has 0 bridgehead atoms. The van der Waals surface area contributed by atoms with Crippen molar-refractivity contribution in [3.05, 3.63) is 41.9 Å². The molecule has 1 aromatic carbocycles. The Hall–Kier alpha value is -2.39. The van der Waals surface area contributed by atoms with E-state index in [1.807, 2.05) is 0 Å². The molecule has 0 spiro atoms. The first-order valence-corrected chi connectivity index (χ1v) is 5.94. The fourth-order valence-electron chi connectivity index (χ4n) is 1.19. The highest BCUT2D eigenvalue weighted by molar-refractivity contribution is 6.06. The van der Waals surface area contributed by atoms with Crippen molar-refractivity contribution in [3.63, 3.8) is 0 Å². The molecule has 0 heterocycles. The zero-order chi connectivity index (χ0) is 15.2. The number of benzene rings is 1. The molecular formula is C14H16FN3O2. The van der Waals surface area contributed by atoms with Crippen molar-refractivity contribution in [2.45, 2.75) is 19.4 Å². The zero-order valence-corrected chi connectivity index (χ0v) is 11.3. The van der Waals surface area contributed by atoms with Gasteiger partial charge in [-0.3, -0.25) is 4.79 Å². The molecule has 6 heteroatoms. The number of nitrogens with one attached hydrogen (secondary N) is 2. The molecule has 0 fully saturated rings. The van der Waals surface area contributed by atoms with E-state index in [0.29, 0.717) is 5.69 Å². The summed E-state index contributed by atoms with van der Waals surface area (Å²) in [5, 5.41) is 23.3. The standard InChI is InChI=1S/C14H16FN3O2/c1-14(2,9-19)17-8-10(7-16)13(20)18-12-5-3-11(15)4-6-12/h3-6,8,17,19H,9H2,1-2H3,(H,18,20)/b10-8-. The minimum absolute atomic E-state index is 0.143. The highest BCUT2D eigenvalue weighted by Gasteiger charge is 2.15. The highest BCUT2D eigenvalue weighted by atomic mass is 19.1. The Morgan fingerprint density at radius 2 is 2.05 bits per heavy atom. The van der Waals surface area contributed by atoms with Crippen LogP contribution < -0.4 is 10.6 Å². The monoisotopic (exact) mass is 277 g/mol. The summed E-state index contributed by atoms with van der Waals surface area (Å²) in [4.78, 5) is 11.8. The van der Waals surface area contributed by atoms with Gasteiger partial charge in [-0.05, 0) is 38.1 Å². The quantitative estimate of drug-likeness (QED) is 0.563. The van der Waals surface area contributed by atoms with Crippen LogP contribution >= 0.6 is 0 Å². The topological polar surface area (TPSA) is 85.2 Å². The van der Waals surface area contributed by atoms with Gasteiger partial charge in [0.25, 0.3) is 5.91 Å². The van der Waals surface area contributed by atoms with Gasteiger partial charge in [0, 0.05) is 11.9 Å². The number of aliphatic hydroxyl groups is 1. The van der Waals surface area contributed by atoms with Crippen LogP contribution in [0.2, 0.25) is 0 Å². The maximum atomic E-state index is 12.7. The first-order chi connectivity index (χ1) is 9.38. The van der Waals surface area contributed by atoms with Gasteiger partial charge < -0.3 is 15.7 Å². The van der Waals surface area contributed by atoms with Gasteiger partial charge in [-0.25, -0.2) is 4.39 Å². The molecule has 0 aromatic heterocycles. The van der Waals surface area contributed by atoms with E-state index in [-0.39, 0.29) is 12.2 Å². The number of anilines is 1. The molecule has 0 unspecified atom stereocenters. The summed E-state index contributed by atoms with van der Waals surface area (Å²) in [5.41, 5.74) is -0.395. The predicted octanol–water partition coefficient (Wildman–Crippen LogP) is 1.53. The molecule has 106 valence electrons. The molecule has 5 nitrogen and oxygen atoms in total. The van der Waals surface area contributed by atoms with Crippen LogP contribution in [-0.2, 0) is 4.79 Å². The van der Waals surface area contributed by atoms with Crippen LogP contribution in [0.15, 0.2) is 36.0 Å². The van der Waals surface area contributed by atoms with Crippen LogP contribution in [0.3, 0.4) is 0 Å². The lowest BCUT2D eigenvalue weighted by atomic mass is 10.1. The van der Waals surface area contributed by atoms with Crippen LogP contribution in [0.1, 0.15) is 13.8 Å². The number of aliphatic hydroxyl groups excluding tert-OH is 1. The van der Waals surface area contributed by atoms with Gasteiger partial charge in [-0.1, -0.05) is 0 Å². The fraction of sp³-hybridized carbons (Fsp3) is 0.286. The van der Waals surface area contributed by atoms with Crippen LogP contribution in [0.25, 0.3) is 0 Å². The van der Waals surface area contributed by atoms with Crippen molar-refractivity contribution in [2.75, 3.05) is 11.9 Å². The third-order valence-corrected chi connectivity index (χ3v) is 2.47. The largest absolute Gasteiger partial charge is 0.394 e. The first-order valence-electron chi connectivity index (χ1n) is 5.94. The van der Waals surface area contributed by atoms with E-state index in [9.17, 15) is 9.18 Å². The van der Waals surface area contributed by atoms with E-state index < -0.39 is 17.3 Å². The van der Waals surface area contributed by atoms with Crippen molar-refractivity contribution in [1.29, 1.82) is 5.26 Å². The molecule has 0 atom stereocenters. The third kappa shape index (κ3) is 4.71. The molecule has 3 N–H and O–H groups in total. The molecule has 0 aliphatic heterocycles. The lowest BCUT2D eigenvalue weighted by molar-refractivity contribution is -0.112. The molecule has 20 heavy (non-hydrogen) atoms. The number of hydrogen-bond acceptors (Lipinski definition) is 4. The van der Waals surface area contributed by atoms with Gasteiger partial charge >= 0.3 is 0 Å². The average Bonchev–Trinajstić information content (AvgIpc) is 2.42. The highest BCUT2D eigenvalue weighted by Crippen LogP contribution is 2.10. The number of nitrogens with zero attached hydrogens (tertiary/aromatic N) is 1. The molecule has 0 radical (unpaired) electrons. The summed E-state index contributed by atoms with van der Waals surface area (Å²) < 4.78 is 12.7. The Balaban J connectivity index is 2.75. The van der Waals surface area contributed by atoms with Gasteiger partial charge in [-0.2, -0.15) is 5.26 Å². The van der Waals surface area contributed by atoms with E-state index in [1.165, 1.54) is 30.5 Å². The molecule has 1 amide bonds. The molecule has 1 aromatic rings. The van der Waals surface area contributed by atoms with E-state index in [0.717, 1.165) is 0 Å². The number of hydrogen-bond donors (Lipinski definition) is 3. The summed E-state index contributed by atoms with van der Waals surface area (Å²) >= 11 is 0. The van der Waals surface area contributed by atoms with Crippen LogP contribution in [0.5, 0.6) is 0 Å². The molecule has 0 aliphatic rings. The smallest absolute Gasteiger partial charge is 0.267 e. The third-order valence-electron chi connectivity index (χ3n) is 2.47. The Kier molecular flexibility index (Phi) is 5.23. The van der Waals surface area contributed by atoms with Crippen LogP contribution in [0.4, 0.5) is 10.1 Å². The summed E-state index contributed by atoms with van der Waals surface area (Å²) in [5.74, 6) is -1.02. The molecule has 0 aliphatic carbocycles. The molecule has 0 saturated heterocycles. The number of rotatable bonds is 5. The summed E-state index contributed by atoms with van der Waals surface area (Å²) in [7, 11) is 0. The second-order valence-electron chi connectivity index (χ2n) is 4.82. The Morgan fingerprint density at radius 3 is 2.55 bits per heavy atom. The number of halogens is 1. The van der Waals surface area contributed by atoms with Gasteiger partial charge in [-0.15, -0.1) is 0 Å². The average molecular weight is 277 g/mol. The van der Waals surface area contributed by atoms with E-state index in [2.05, 4.69) is 10.6 Å². The molecule has 0 saturated carbocycles. The first kappa shape index (κ1) is 15.7. The predicted molar refractivity (Wildman–Crippen MR) is 73.0 cm³/mol. The van der Waals surface area contributed by atoms with Gasteiger partial charge in [0.2, 0.25) is 0 Å².